The van der Waals surface area contributed by atoms with E-state index in [0.29, 0.717) is 50.8 Å². The van der Waals surface area contributed by atoms with Crippen LogP contribution in [-0.4, -0.2) is 108 Å². The summed E-state index contributed by atoms with van der Waals surface area (Å²) in [6.07, 6.45) is 3.57. The van der Waals surface area contributed by atoms with E-state index < -0.39 is 47.7 Å². The van der Waals surface area contributed by atoms with E-state index in [4.69, 9.17) is 14.2 Å². The molecule has 3 aromatic heterocycles. The molecule has 2 bridgehead atoms. The highest BCUT2D eigenvalue weighted by Gasteiger charge is 2.55. The second kappa shape index (κ2) is 15.6. The molecule has 346 valence electrons. The minimum absolute atomic E-state index is 0.00825. The largest absolute Gasteiger partial charge is 0.491 e. The molecule has 18 heteroatoms. The van der Waals surface area contributed by atoms with Crippen molar-refractivity contribution in [2.45, 2.75) is 95.1 Å². The molecule has 0 aliphatic carbocycles. The summed E-state index contributed by atoms with van der Waals surface area (Å²) in [5, 5.41) is 17.9. The Kier molecular flexibility index (Phi) is 9.60. The van der Waals surface area contributed by atoms with Gasteiger partial charge in [0.15, 0.2) is 5.72 Å². The average Bonchev–Trinajstić information content (AvgIpc) is 4.15. The lowest BCUT2D eigenvalue weighted by Crippen LogP contribution is -2.61. The quantitative estimate of drug-likeness (QED) is 0.122. The van der Waals surface area contributed by atoms with Crippen LogP contribution in [0.2, 0.25) is 0 Å². The first-order valence-corrected chi connectivity index (χ1v) is 23.1. The van der Waals surface area contributed by atoms with Crippen LogP contribution in [0.3, 0.4) is 0 Å². The van der Waals surface area contributed by atoms with Crippen LogP contribution in [0.1, 0.15) is 94.0 Å². The number of carbonyl (C=O) groups excluding carboxylic acids is 6. The molecule has 2 fully saturated rings. The van der Waals surface area contributed by atoms with Gasteiger partial charge in [-0.15, -0.1) is 5.10 Å². The van der Waals surface area contributed by atoms with Crippen molar-refractivity contribution in [1.82, 2.24) is 44.6 Å². The molecule has 8 heterocycles. The maximum absolute atomic E-state index is 14.2. The molecule has 1 unspecified atom stereocenters. The van der Waals surface area contributed by atoms with Crippen molar-refractivity contribution in [2.75, 3.05) is 20.8 Å². The number of amides is 6. The Bertz CT molecular complexity index is 3370. The van der Waals surface area contributed by atoms with Crippen LogP contribution in [0, 0.1) is 0 Å². The number of nitrogens with one attached hydrogen (secondary N) is 2. The highest BCUT2D eigenvalue weighted by molar-refractivity contribution is 6.31. The molecule has 0 radical (unpaired) electrons. The lowest BCUT2D eigenvalue weighted by Gasteiger charge is -2.50. The van der Waals surface area contributed by atoms with Crippen LogP contribution in [0.25, 0.3) is 43.6 Å². The van der Waals surface area contributed by atoms with Gasteiger partial charge in [0.25, 0.3) is 17.7 Å². The summed E-state index contributed by atoms with van der Waals surface area (Å²) in [6.45, 7) is 2.92. The van der Waals surface area contributed by atoms with E-state index in [0.717, 1.165) is 59.8 Å². The van der Waals surface area contributed by atoms with Gasteiger partial charge in [-0.3, -0.25) is 39.0 Å². The number of unbranched alkanes of at least 4 members (excludes halogenated alkanes) is 1. The number of rotatable bonds is 12. The number of likely N-dealkylation sites (N-methyl/N-ethyl adjacent to an activating group) is 1. The molecule has 0 saturated carbocycles. The summed E-state index contributed by atoms with van der Waals surface area (Å²) in [4.78, 5) is 81.6. The Morgan fingerprint density at radius 2 is 1.71 bits per heavy atom. The third kappa shape index (κ3) is 6.02. The van der Waals surface area contributed by atoms with Gasteiger partial charge in [-0.1, -0.05) is 47.7 Å². The predicted molar refractivity (Wildman–Crippen MR) is 246 cm³/mol. The monoisotopic (exact) mass is 917 g/mol. The van der Waals surface area contributed by atoms with E-state index in [1.807, 2.05) is 42.4 Å². The number of carbonyl (C=O) groups is 6. The van der Waals surface area contributed by atoms with Crippen LogP contribution in [0.5, 0.6) is 5.75 Å². The first kappa shape index (κ1) is 42.0. The lowest BCUT2D eigenvalue weighted by atomic mass is 9.91. The van der Waals surface area contributed by atoms with Gasteiger partial charge in [0.05, 0.1) is 57.0 Å². The number of imide groups is 2. The smallest absolute Gasteiger partial charge is 0.266 e. The fourth-order valence-corrected chi connectivity index (χ4v) is 11.8. The van der Waals surface area contributed by atoms with Crippen LogP contribution >= 0.6 is 0 Å². The maximum Gasteiger partial charge on any atom is 0.266 e. The molecule has 7 aromatic rings. The van der Waals surface area contributed by atoms with E-state index in [-0.39, 0.29) is 54.2 Å². The van der Waals surface area contributed by atoms with Crippen LogP contribution in [0.4, 0.5) is 0 Å². The SMILES string of the molecule is CO[C@@H]1[C@H](N(C)C(=O)CCCCc2cn(CCOc3cccc4c3C(=O)N(C3CCC(=O)NC3=O)C4=O)nn2)C[C@H]2O[C@]1(C)n1c3ccccc3c3c4c(c5c6ccccc6n2c5c31)C(=O)NC4. The number of piperidine rings is 1. The van der Waals surface area contributed by atoms with Crippen LogP contribution in [-0.2, 0) is 49.1 Å². The van der Waals surface area contributed by atoms with Crippen LogP contribution in [0.15, 0.2) is 72.9 Å². The number of aromatic nitrogens is 5. The summed E-state index contributed by atoms with van der Waals surface area (Å²) in [6, 6.07) is 19.7. The maximum atomic E-state index is 14.2. The number of fused-ring (bicyclic) bond motifs is 14. The van der Waals surface area contributed by atoms with Gasteiger partial charge in [-0.25, -0.2) is 4.68 Å². The highest BCUT2D eigenvalue weighted by Crippen LogP contribution is 2.54. The summed E-state index contributed by atoms with van der Waals surface area (Å²) >= 11 is 0. The minimum Gasteiger partial charge on any atom is -0.491 e. The molecule has 5 aliphatic heterocycles. The molecular weight excluding hydrogens is 871 g/mol. The Hall–Kier alpha value is -7.44. The Balaban J connectivity index is 0.731. The summed E-state index contributed by atoms with van der Waals surface area (Å²) < 4.78 is 25.9. The van der Waals surface area contributed by atoms with Crippen molar-refractivity contribution in [2.24, 2.45) is 0 Å². The number of hydrogen-bond acceptors (Lipinski definition) is 11. The second-order valence-corrected chi connectivity index (χ2v) is 18.5. The summed E-state index contributed by atoms with van der Waals surface area (Å²) in [7, 11) is 3.54. The van der Waals surface area contributed by atoms with Crippen molar-refractivity contribution in [1.29, 1.82) is 0 Å². The zero-order valence-electron chi connectivity index (χ0n) is 37.6. The summed E-state index contributed by atoms with van der Waals surface area (Å²) in [5.74, 6) is -2.23. The van der Waals surface area contributed by atoms with Crippen molar-refractivity contribution >= 4 is 79.1 Å². The third-order valence-corrected chi connectivity index (χ3v) is 14.8. The Morgan fingerprint density at radius 1 is 0.926 bits per heavy atom. The standard InChI is InChI=1S/C50H47N9O9/c1-50-45(66-3)34(23-38(68-50)57-31-15-7-5-12-27(31)41-42-30(24-51-47(42)63)39-28-13-6-8-16-32(28)59(50)44(39)43(41)57)55(2)37(61)18-9-4-11-26-25-56(54-53-26)21-22-67-35-17-10-14-29-40(35)49(65)58(48(29)64)33-19-20-36(60)52-46(33)62/h5-8,10,12-17,25,33-34,38,45H,4,9,11,18-24H2,1-3H3,(H,51,63)(H,52,60,62)/t33?,34-,38-,45-,50+/m1/s1. The number of nitrogens with zero attached hydrogens (tertiary/aromatic N) is 7. The number of methoxy groups -OCH3 is 1. The van der Waals surface area contributed by atoms with E-state index in [1.54, 1.807) is 23.9 Å². The second-order valence-electron chi connectivity index (χ2n) is 18.5. The summed E-state index contributed by atoms with van der Waals surface area (Å²) in [5.41, 5.74) is 5.49. The van der Waals surface area contributed by atoms with E-state index >= 15 is 0 Å². The molecular formula is C50H47N9O9. The third-order valence-electron chi connectivity index (χ3n) is 14.8. The lowest BCUT2D eigenvalue weighted by molar-refractivity contribution is -0.266. The zero-order valence-corrected chi connectivity index (χ0v) is 37.6. The van der Waals surface area contributed by atoms with Crippen molar-refractivity contribution < 1.29 is 43.0 Å². The molecule has 4 aromatic carbocycles. The predicted octanol–water partition coefficient (Wildman–Crippen LogP) is 5.08. The molecule has 12 rings (SSSR count). The fourth-order valence-electron chi connectivity index (χ4n) is 11.8. The van der Waals surface area contributed by atoms with Gasteiger partial charge in [0, 0.05) is 67.7 Å². The highest BCUT2D eigenvalue weighted by atomic mass is 16.6. The fraction of sp³-hybridized carbons (Fsp3) is 0.360. The molecule has 2 N–H and O–H groups in total. The van der Waals surface area contributed by atoms with E-state index in [1.165, 1.54) is 6.07 Å². The van der Waals surface area contributed by atoms with Gasteiger partial charge in [-0.05, 0) is 62.4 Å². The minimum atomic E-state index is -1.07. The van der Waals surface area contributed by atoms with Gasteiger partial charge in [0.2, 0.25) is 17.7 Å². The molecule has 2 saturated heterocycles. The first-order valence-electron chi connectivity index (χ1n) is 23.1. The molecule has 5 atom stereocenters. The van der Waals surface area contributed by atoms with Gasteiger partial charge < -0.3 is 33.6 Å². The topological polar surface area (TPSA) is 201 Å². The Labute approximate surface area is 388 Å². The molecule has 68 heavy (non-hydrogen) atoms. The molecule has 5 aliphatic rings. The van der Waals surface area contributed by atoms with Crippen LogP contribution < -0.4 is 15.4 Å². The van der Waals surface area contributed by atoms with Crippen molar-refractivity contribution in [3.63, 3.8) is 0 Å². The van der Waals surface area contributed by atoms with Gasteiger partial charge in [-0.2, -0.15) is 0 Å². The van der Waals surface area contributed by atoms with Crippen molar-refractivity contribution in [3.05, 3.63) is 101 Å². The van der Waals surface area contributed by atoms with E-state index in [9.17, 15) is 28.8 Å². The number of ether oxygens (including phenoxy) is 3. The van der Waals surface area contributed by atoms with Gasteiger partial charge in [0.1, 0.15) is 30.7 Å². The number of benzene rings is 4. The normalized spacial score (nSPS) is 22.9. The molecule has 6 amide bonds. The first-order chi connectivity index (χ1) is 33.0. The van der Waals surface area contributed by atoms with E-state index in [2.05, 4.69) is 61.3 Å². The zero-order chi connectivity index (χ0) is 46.7. The number of hydrogen-bond donors (Lipinski definition) is 2. The molecule has 18 nitrogen and oxygen atoms in total. The van der Waals surface area contributed by atoms with Gasteiger partial charge >= 0.3 is 0 Å². The average molecular weight is 918 g/mol. The number of para-hydroxylation sites is 2. The van der Waals surface area contributed by atoms with Crippen molar-refractivity contribution in [3.8, 4) is 5.75 Å². The molecule has 0 spiro atoms. The number of aryl methyl sites for hydroxylation is 1. The Morgan fingerprint density at radius 3 is 2.50 bits per heavy atom.